The second-order valence-electron chi connectivity index (χ2n) is 9.79. The molecule has 1 heterocycles. The quantitative estimate of drug-likeness (QED) is 0.230. The summed E-state index contributed by atoms with van der Waals surface area (Å²) in [5.74, 6) is -0.860. The highest BCUT2D eigenvalue weighted by Gasteiger charge is 2.25. The van der Waals surface area contributed by atoms with Gasteiger partial charge in [-0.2, -0.15) is 0 Å². The first-order chi connectivity index (χ1) is 17.5. The van der Waals surface area contributed by atoms with Crippen LogP contribution in [0, 0.1) is 5.92 Å². The summed E-state index contributed by atoms with van der Waals surface area (Å²) in [6.07, 6.45) is 0.360. The maximum Gasteiger partial charge on any atom is 0.418 e. The Morgan fingerprint density at radius 1 is 0.973 bits per heavy atom. The smallest absolute Gasteiger partial charge is 0.418 e. The van der Waals surface area contributed by atoms with Gasteiger partial charge in [0.05, 0.1) is 12.1 Å². The van der Waals surface area contributed by atoms with E-state index in [1.807, 2.05) is 62.4 Å². The van der Waals surface area contributed by atoms with E-state index in [2.05, 4.69) is 5.32 Å². The van der Waals surface area contributed by atoms with Gasteiger partial charge in [-0.15, -0.1) is 0 Å². The van der Waals surface area contributed by atoms with E-state index < -0.39 is 23.8 Å². The van der Waals surface area contributed by atoms with Crippen molar-refractivity contribution >= 4 is 34.6 Å². The Labute approximate surface area is 217 Å². The van der Waals surface area contributed by atoms with E-state index in [4.69, 9.17) is 14.2 Å². The molecule has 0 aliphatic heterocycles. The number of hydrogen-bond acceptors (Lipinski definition) is 6. The molecule has 0 saturated carbocycles. The highest BCUT2D eigenvalue weighted by atomic mass is 16.6. The molecule has 0 aliphatic rings. The van der Waals surface area contributed by atoms with Crippen molar-refractivity contribution in [2.45, 2.75) is 53.8 Å². The fraction of sp³-hybridized carbons (Fsp3) is 0.345. The third-order valence-corrected chi connectivity index (χ3v) is 5.36. The first kappa shape index (κ1) is 27.5. The lowest BCUT2D eigenvalue weighted by atomic mass is 9.92. The van der Waals surface area contributed by atoms with Gasteiger partial charge in [0.25, 0.3) is 0 Å². The fourth-order valence-electron chi connectivity index (χ4n) is 3.83. The monoisotopic (exact) mass is 506 g/mol. The first-order valence-corrected chi connectivity index (χ1v) is 12.2. The number of carbonyl (C=O) groups excluding carboxylic acids is 3. The van der Waals surface area contributed by atoms with E-state index in [9.17, 15) is 14.4 Å². The van der Waals surface area contributed by atoms with Crippen LogP contribution in [0.3, 0.4) is 0 Å². The minimum atomic E-state index is -0.775. The summed E-state index contributed by atoms with van der Waals surface area (Å²) in [6.45, 7) is 11.1. The molecule has 0 bridgehead atoms. The van der Waals surface area contributed by atoms with Crippen molar-refractivity contribution < 1.29 is 28.6 Å². The van der Waals surface area contributed by atoms with Crippen molar-refractivity contribution in [1.82, 2.24) is 9.88 Å². The van der Waals surface area contributed by atoms with Crippen molar-refractivity contribution in [3.05, 3.63) is 77.6 Å². The maximum absolute atomic E-state index is 13.0. The lowest BCUT2D eigenvalue weighted by molar-refractivity contribution is -0.138. The summed E-state index contributed by atoms with van der Waals surface area (Å²) >= 11 is 0. The number of benzene rings is 2. The van der Waals surface area contributed by atoms with Gasteiger partial charge in [0, 0.05) is 11.6 Å². The molecule has 37 heavy (non-hydrogen) atoms. The predicted molar refractivity (Wildman–Crippen MR) is 142 cm³/mol. The molecule has 8 nitrogen and oxygen atoms in total. The Morgan fingerprint density at radius 3 is 2.30 bits per heavy atom. The predicted octanol–water partition coefficient (Wildman–Crippen LogP) is 6.28. The summed E-state index contributed by atoms with van der Waals surface area (Å²) in [6, 6.07) is 16.5. The number of allylic oxidation sites excluding steroid dienone is 1. The van der Waals surface area contributed by atoms with Crippen LogP contribution in [-0.4, -0.2) is 34.9 Å². The number of nitrogens with zero attached hydrogens (tertiary/aromatic N) is 1. The molecule has 1 N–H and O–H groups in total. The average molecular weight is 507 g/mol. The second kappa shape index (κ2) is 11.8. The van der Waals surface area contributed by atoms with Gasteiger partial charge in [0.1, 0.15) is 17.9 Å². The van der Waals surface area contributed by atoms with Crippen molar-refractivity contribution in [2.24, 2.45) is 5.92 Å². The number of amides is 1. The Kier molecular flexibility index (Phi) is 8.76. The molecule has 0 radical (unpaired) electrons. The average Bonchev–Trinajstić information content (AvgIpc) is 3.25. The fourth-order valence-corrected chi connectivity index (χ4v) is 3.83. The van der Waals surface area contributed by atoms with Crippen LogP contribution >= 0.6 is 0 Å². The molecule has 0 unspecified atom stereocenters. The molecular formula is C29H34N2O6. The number of ether oxygens (including phenoxy) is 3. The minimum Gasteiger partial charge on any atom is -0.461 e. The third-order valence-electron chi connectivity index (χ3n) is 5.36. The third kappa shape index (κ3) is 7.22. The number of esters is 1. The van der Waals surface area contributed by atoms with Gasteiger partial charge in [-0.25, -0.2) is 14.4 Å². The first-order valence-electron chi connectivity index (χ1n) is 12.2. The molecule has 2 aromatic carbocycles. The normalized spacial score (nSPS) is 12.2. The number of aromatic nitrogens is 1. The van der Waals surface area contributed by atoms with Crippen LogP contribution in [0.1, 0.15) is 52.7 Å². The van der Waals surface area contributed by atoms with Gasteiger partial charge in [-0.1, -0.05) is 56.3 Å². The lowest BCUT2D eigenvalue weighted by Crippen LogP contribution is -2.31. The Hall–Kier alpha value is -4.07. The van der Waals surface area contributed by atoms with Crippen LogP contribution in [0.25, 0.3) is 16.5 Å². The zero-order valence-corrected chi connectivity index (χ0v) is 22.2. The molecule has 0 saturated heterocycles. The summed E-state index contributed by atoms with van der Waals surface area (Å²) in [7, 11) is 0. The molecular weight excluding hydrogens is 472 g/mol. The van der Waals surface area contributed by atoms with E-state index in [1.54, 1.807) is 40.0 Å². The number of alkyl carbamates (subject to hydrolysis) is 1. The molecule has 1 aromatic heterocycles. The highest BCUT2D eigenvalue weighted by molar-refractivity contribution is 6.02. The van der Waals surface area contributed by atoms with Crippen molar-refractivity contribution in [3.63, 3.8) is 0 Å². The van der Waals surface area contributed by atoms with Crippen LogP contribution < -0.4 is 5.32 Å². The Balaban J connectivity index is 2.01. The molecule has 3 rings (SSSR count). The van der Waals surface area contributed by atoms with Crippen LogP contribution in [0.5, 0.6) is 0 Å². The summed E-state index contributed by atoms with van der Waals surface area (Å²) < 4.78 is 17.6. The lowest BCUT2D eigenvalue weighted by Gasteiger charge is -2.20. The number of nitrogens with one attached hydrogen (secondary N) is 1. The summed E-state index contributed by atoms with van der Waals surface area (Å²) in [5, 5.41) is 3.43. The number of rotatable bonds is 7. The van der Waals surface area contributed by atoms with Crippen LogP contribution in [0.15, 0.2) is 66.5 Å². The van der Waals surface area contributed by atoms with Crippen molar-refractivity contribution in [3.8, 4) is 0 Å². The molecule has 0 aliphatic carbocycles. The zero-order valence-electron chi connectivity index (χ0n) is 22.2. The SMILES string of the molecule is CCOC(=O)/C(NC(=O)OCc1ccccc1)=C(/c1ccc2ccn(C(=O)OC(C)(C)C)c2c1)C(C)C. The molecule has 3 aromatic rings. The Bertz CT molecular complexity index is 1300. The topological polar surface area (TPSA) is 95.9 Å². The standard InChI is InChI=1S/C29H34N2O6/c1-7-35-26(32)25(30-27(33)36-18-20-11-9-8-10-12-20)24(19(2)3)22-14-13-21-15-16-31(23(21)17-22)28(34)37-29(4,5)6/h8-17,19H,7,18H2,1-6H3,(H,30,33)/b25-24-. The van der Waals surface area contributed by atoms with E-state index >= 15 is 0 Å². The Morgan fingerprint density at radius 2 is 1.68 bits per heavy atom. The highest BCUT2D eigenvalue weighted by Crippen LogP contribution is 2.30. The number of carbonyl (C=O) groups is 3. The van der Waals surface area contributed by atoms with E-state index in [-0.39, 0.29) is 24.8 Å². The van der Waals surface area contributed by atoms with Crippen LogP contribution in [-0.2, 0) is 25.6 Å². The summed E-state index contributed by atoms with van der Waals surface area (Å²) in [5.41, 5.74) is 1.96. The van der Waals surface area contributed by atoms with Gasteiger partial charge >= 0.3 is 18.2 Å². The van der Waals surface area contributed by atoms with E-state index in [1.165, 1.54) is 4.57 Å². The zero-order chi connectivity index (χ0) is 27.2. The minimum absolute atomic E-state index is 0.00960. The van der Waals surface area contributed by atoms with Crippen molar-refractivity contribution in [2.75, 3.05) is 6.61 Å². The molecule has 8 heteroatoms. The van der Waals surface area contributed by atoms with E-state index in [0.29, 0.717) is 16.7 Å². The van der Waals surface area contributed by atoms with Crippen molar-refractivity contribution in [1.29, 1.82) is 0 Å². The van der Waals surface area contributed by atoms with Gasteiger partial charge in [0.15, 0.2) is 0 Å². The van der Waals surface area contributed by atoms with Crippen LogP contribution in [0.2, 0.25) is 0 Å². The van der Waals surface area contributed by atoms with Gasteiger partial charge in [0.2, 0.25) is 0 Å². The number of hydrogen-bond donors (Lipinski definition) is 1. The largest absolute Gasteiger partial charge is 0.461 e. The summed E-state index contributed by atoms with van der Waals surface area (Å²) in [4.78, 5) is 38.5. The molecule has 196 valence electrons. The van der Waals surface area contributed by atoms with Crippen LogP contribution in [0.4, 0.5) is 9.59 Å². The maximum atomic E-state index is 13.0. The van der Waals surface area contributed by atoms with Gasteiger partial charge < -0.3 is 14.2 Å². The van der Waals surface area contributed by atoms with E-state index in [0.717, 1.165) is 10.9 Å². The second-order valence-corrected chi connectivity index (χ2v) is 9.79. The molecule has 0 atom stereocenters. The number of fused-ring (bicyclic) bond motifs is 1. The molecule has 1 amide bonds. The molecule has 0 fully saturated rings. The molecule has 0 spiro atoms. The van der Waals surface area contributed by atoms with Gasteiger partial charge in [-0.3, -0.25) is 9.88 Å². The van der Waals surface area contributed by atoms with Gasteiger partial charge in [-0.05, 0) is 62.4 Å².